The third-order valence-corrected chi connectivity index (χ3v) is 4.05. The van der Waals surface area contributed by atoms with E-state index in [1.54, 1.807) is 20.4 Å². The zero-order valence-electron chi connectivity index (χ0n) is 14.4. The van der Waals surface area contributed by atoms with E-state index in [1.165, 1.54) is 0 Å². The highest BCUT2D eigenvalue weighted by atomic mass is 16.5. The van der Waals surface area contributed by atoms with Crippen LogP contribution in [0.5, 0.6) is 11.5 Å². The van der Waals surface area contributed by atoms with Gasteiger partial charge >= 0.3 is 0 Å². The molecule has 2 aromatic heterocycles. The lowest BCUT2D eigenvalue weighted by Gasteiger charge is -2.18. The molecular weight excluding hydrogens is 304 g/mol. The molecule has 0 aliphatic heterocycles. The van der Waals surface area contributed by atoms with Crippen molar-refractivity contribution in [3.8, 4) is 22.9 Å². The van der Waals surface area contributed by atoms with Crippen LogP contribution in [-0.4, -0.2) is 34.0 Å². The Morgan fingerprint density at radius 3 is 2.75 bits per heavy atom. The highest BCUT2D eigenvalue weighted by molar-refractivity contribution is 5.69. The first-order chi connectivity index (χ1) is 11.6. The Kier molecular flexibility index (Phi) is 4.55. The van der Waals surface area contributed by atoms with Gasteiger partial charge in [0.2, 0.25) is 0 Å². The Hall–Kier alpha value is -2.76. The second kappa shape index (κ2) is 6.78. The minimum Gasteiger partial charge on any atom is -0.493 e. The van der Waals surface area contributed by atoms with Gasteiger partial charge in [0, 0.05) is 30.6 Å². The molecule has 24 heavy (non-hydrogen) atoms. The van der Waals surface area contributed by atoms with Gasteiger partial charge in [0.25, 0.3) is 0 Å². The lowest BCUT2D eigenvalue weighted by Crippen LogP contribution is -2.10. The largest absolute Gasteiger partial charge is 0.493 e. The van der Waals surface area contributed by atoms with Crippen molar-refractivity contribution in [1.29, 1.82) is 0 Å². The summed E-state index contributed by atoms with van der Waals surface area (Å²) < 4.78 is 13.1. The molecule has 0 radical (unpaired) electrons. The molecule has 6 heteroatoms. The fourth-order valence-electron chi connectivity index (χ4n) is 2.92. The highest BCUT2D eigenvalue weighted by Crippen LogP contribution is 2.37. The molecule has 0 saturated heterocycles. The Balaban J connectivity index is 1.96. The fourth-order valence-corrected chi connectivity index (χ4v) is 2.92. The summed E-state index contributed by atoms with van der Waals surface area (Å²) >= 11 is 0. The van der Waals surface area contributed by atoms with Gasteiger partial charge in [0.1, 0.15) is 5.82 Å². The number of benzene rings is 1. The molecule has 0 spiro atoms. The summed E-state index contributed by atoms with van der Waals surface area (Å²) in [4.78, 5) is 4.54. The first kappa shape index (κ1) is 16.1. The van der Waals surface area contributed by atoms with Crippen molar-refractivity contribution < 1.29 is 9.47 Å². The zero-order valence-corrected chi connectivity index (χ0v) is 14.4. The number of nitrogens with one attached hydrogen (secondary N) is 1. The molecule has 0 aliphatic carbocycles. The molecule has 1 N–H and O–H groups in total. The quantitative estimate of drug-likeness (QED) is 0.754. The van der Waals surface area contributed by atoms with Crippen molar-refractivity contribution in [2.24, 2.45) is 0 Å². The Bertz CT molecular complexity index is 822. The molecule has 0 fully saturated rings. The molecule has 126 valence electrons. The number of ether oxygens (including phenoxy) is 2. The summed E-state index contributed by atoms with van der Waals surface area (Å²) in [6.45, 7) is 4.16. The monoisotopic (exact) mass is 326 g/mol. The molecule has 1 aromatic carbocycles. The van der Waals surface area contributed by atoms with E-state index in [1.807, 2.05) is 31.3 Å². The third-order valence-electron chi connectivity index (χ3n) is 4.05. The number of methoxy groups -OCH3 is 2. The van der Waals surface area contributed by atoms with Gasteiger partial charge in [-0.3, -0.25) is 5.10 Å². The number of nitrogens with zero attached hydrogens (tertiary/aromatic N) is 3. The molecule has 3 rings (SSSR count). The van der Waals surface area contributed by atoms with Gasteiger partial charge in [-0.2, -0.15) is 5.10 Å². The van der Waals surface area contributed by atoms with E-state index >= 15 is 0 Å². The average Bonchev–Trinajstić information content (AvgIpc) is 3.22. The van der Waals surface area contributed by atoms with Gasteiger partial charge in [-0.05, 0) is 32.0 Å². The molecular formula is C18H22N4O2. The molecule has 0 bridgehead atoms. The maximum absolute atomic E-state index is 5.55. The third kappa shape index (κ3) is 2.99. The minimum absolute atomic E-state index is 0.209. The van der Waals surface area contributed by atoms with E-state index in [-0.39, 0.29) is 6.04 Å². The summed E-state index contributed by atoms with van der Waals surface area (Å²) in [7, 11) is 3.28. The van der Waals surface area contributed by atoms with Crippen LogP contribution in [0.2, 0.25) is 0 Å². The smallest absolute Gasteiger partial charge is 0.171 e. The molecule has 3 aromatic rings. The van der Waals surface area contributed by atoms with E-state index in [0.717, 1.165) is 29.2 Å². The van der Waals surface area contributed by atoms with Gasteiger partial charge < -0.3 is 14.0 Å². The van der Waals surface area contributed by atoms with E-state index in [2.05, 4.69) is 32.7 Å². The number of hydrogen-bond donors (Lipinski definition) is 1. The number of hydrogen-bond acceptors (Lipinski definition) is 4. The molecule has 0 amide bonds. The first-order valence-corrected chi connectivity index (χ1v) is 7.89. The predicted octanol–water partition coefficient (Wildman–Crippen LogP) is 3.40. The normalized spacial score (nSPS) is 12.2. The van der Waals surface area contributed by atoms with Crippen LogP contribution in [-0.2, 0) is 6.42 Å². The van der Waals surface area contributed by atoms with E-state index in [0.29, 0.717) is 11.5 Å². The number of aromatic nitrogens is 4. The van der Waals surface area contributed by atoms with Crippen LogP contribution >= 0.6 is 0 Å². The van der Waals surface area contributed by atoms with Crippen LogP contribution in [0.3, 0.4) is 0 Å². The van der Waals surface area contributed by atoms with Gasteiger partial charge in [-0.15, -0.1) is 0 Å². The Labute approximate surface area is 141 Å². The number of rotatable bonds is 6. The summed E-state index contributed by atoms with van der Waals surface area (Å²) in [6.07, 6.45) is 4.61. The minimum atomic E-state index is 0.209. The molecule has 0 aliphatic rings. The topological polar surface area (TPSA) is 65.0 Å². The van der Waals surface area contributed by atoms with Crippen LogP contribution in [0, 0.1) is 6.92 Å². The SMILES string of the molecule is COc1cccc(-c2nccn2C(C)Cc2cc(C)[nH]n2)c1OC. The van der Waals surface area contributed by atoms with E-state index in [9.17, 15) is 0 Å². The maximum Gasteiger partial charge on any atom is 0.171 e. The summed E-state index contributed by atoms with van der Waals surface area (Å²) in [5.74, 6) is 2.24. The maximum atomic E-state index is 5.55. The average molecular weight is 326 g/mol. The standard InChI is InChI=1S/C18H22N4O2/c1-12-10-14(21-20-12)11-13(2)22-9-8-19-18(22)15-6-5-7-16(23-3)17(15)24-4/h5-10,13H,11H2,1-4H3,(H,20,21). The van der Waals surface area contributed by atoms with Crippen molar-refractivity contribution >= 4 is 0 Å². The van der Waals surface area contributed by atoms with Crippen molar-refractivity contribution in [2.75, 3.05) is 14.2 Å². The first-order valence-electron chi connectivity index (χ1n) is 7.89. The second-order valence-corrected chi connectivity index (χ2v) is 5.79. The summed E-state index contributed by atoms with van der Waals surface area (Å²) in [5.41, 5.74) is 3.02. The number of para-hydroxylation sites is 1. The highest BCUT2D eigenvalue weighted by Gasteiger charge is 2.18. The number of aryl methyl sites for hydroxylation is 1. The summed E-state index contributed by atoms with van der Waals surface area (Å²) in [6, 6.07) is 8.09. The lowest BCUT2D eigenvalue weighted by molar-refractivity contribution is 0.355. The van der Waals surface area contributed by atoms with Crippen LogP contribution in [0.15, 0.2) is 36.7 Å². The molecule has 6 nitrogen and oxygen atoms in total. The molecule has 2 heterocycles. The van der Waals surface area contributed by atoms with Crippen LogP contribution < -0.4 is 9.47 Å². The van der Waals surface area contributed by atoms with Crippen LogP contribution in [0.1, 0.15) is 24.4 Å². The van der Waals surface area contributed by atoms with Gasteiger partial charge in [0.15, 0.2) is 11.5 Å². The number of imidazole rings is 1. The van der Waals surface area contributed by atoms with Gasteiger partial charge in [0.05, 0.1) is 25.5 Å². The van der Waals surface area contributed by atoms with Crippen molar-refractivity contribution in [3.05, 3.63) is 48.0 Å². The Morgan fingerprint density at radius 2 is 2.08 bits per heavy atom. The van der Waals surface area contributed by atoms with E-state index in [4.69, 9.17) is 9.47 Å². The number of H-pyrrole nitrogens is 1. The second-order valence-electron chi connectivity index (χ2n) is 5.79. The predicted molar refractivity (Wildman–Crippen MR) is 92.5 cm³/mol. The van der Waals surface area contributed by atoms with Crippen LogP contribution in [0.25, 0.3) is 11.4 Å². The fraction of sp³-hybridized carbons (Fsp3) is 0.333. The number of aromatic amines is 1. The van der Waals surface area contributed by atoms with Gasteiger partial charge in [-0.25, -0.2) is 4.98 Å². The Morgan fingerprint density at radius 1 is 1.25 bits per heavy atom. The van der Waals surface area contributed by atoms with Crippen molar-refractivity contribution in [3.63, 3.8) is 0 Å². The van der Waals surface area contributed by atoms with E-state index < -0.39 is 0 Å². The van der Waals surface area contributed by atoms with Crippen molar-refractivity contribution in [1.82, 2.24) is 19.7 Å². The molecule has 1 atom stereocenters. The molecule has 0 saturated carbocycles. The van der Waals surface area contributed by atoms with Crippen molar-refractivity contribution in [2.45, 2.75) is 26.3 Å². The summed E-state index contributed by atoms with van der Waals surface area (Å²) in [5, 5.41) is 7.31. The molecule has 1 unspecified atom stereocenters. The lowest BCUT2D eigenvalue weighted by atomic mass is 10.1. The van der Waals surface area contributed by atoms with Crippen LogP contribution in [0.4, 0.5) is 0 Å². The van der Waals surface area contributed by atoms with Gasteiger partial charge in [-0.1, -0.05) is 6.07 Å². The zero-order chi connectivity index (χ0) is 17.1.